The standard InChI is InChI=1S/C16H14ClN3O/c1-11(19-14-8-6-13(17)7-9-14)16(21)20-15-5-3-2-4-12(15)10-18/h2-9,11,19H,1H3,(H,20,21). The van der Waals surface area contributed by atoms with E-state index in [4.69, 9.17) is 16.9 Å². The first kappa shape index (κ1) is 14.9. The van der Waals surface area contributed by atoms with Gasteiger partial charge in [0.05, 0.1) is 11.3 Å². The van der Waals surface area contributed by atoms with Gasteiger partial charge in [-0.05, 0) is 43.3 Å². The average molecular weight is 300 g/mol. The third-order valence-corrected chi connectivity index (χ3v) is 3.18. The first-order chi connectivity index (χ1) is 10.1. The van der Waals surface area contributed by atoms with Gasteiger partial charge in [0, 0.05) is 10.7 Å². The molecule has 1 amide bonds. The van der Waals surface area contributed by atoms with Crippen LogP contribution < -0.4 is 10.6 Å². The molecular weight excluding hydrogens is 286 g/mol. The molecule has 2 rings (SSSR count). The number of nitriles is 1. The van der Waals surface area contributed by atoms with Gasteiger partial charge in [-0.3, -0.25) is 4.79 Å². The lowest BCUT2D eigenvalue weighted by molar-refractivity contribution is -0.116. The average Bonchev–Trinajstić information content (AvgIpc) is 2.50. The molecule has 0 aromatic heterocycles. The van der Waals surface area contributed by atoms with Crippen LogP contribution in [0.15, 0.2) is 48.5 Å². The smallest absolute Gasteiger partial charge is 0.246 e. The number of anilines is 2. The number of hydrogen-bond donors (Lipinski definition) is 2. The highest BCUT2D eigenvalue weighted by atomic mass is 35.5. The number of halogens is 1. The molecule has 0 heterocycles. The van der Waals surface area contributed by atoms with Crippen LogP contribution in [0.25, 0.3) is 0 Å². The Morgan fingerprint density at radius 2 is 1.86 bits per heavy atom. The minimum Gasteiger partial charge on any atom is -0.374 e. The van der Waals surface area contributed by atoms with Gasteiger partial charge in [0.15, 0.2) is 0 Å². The van der Waals surface area contributed by atoms with E-state index < -0.39 is 6.04 Å². The number of carbonyl (C=O) groups is 1. The molecule has 5 heteroatoms. The molecule has 0 spiro atoms. The zero-order valence-corrected chi connectivity index (χ0v) is 12.2. The number of amides is 1. The van der Waals surface area contributed by atoms with Crippen molar-refractivity contribution in [2.24, 2.45) is 0 Å². The molecule has 0 radical (unpaired) electrons. The van der Waals surface area contributed by atoms with Crippen molar-refractivity contribution in [1.82, 2.24) is 0 Å². The second-order valence-electron chi connectivity index (χ2n) is 4.52. The van der Waals surface area contributed by atoms with Crippen LogP contribution in [-0.4, -0.2) is 11.9 Å². The fourth-order valence-corrected chi connectivity index (χ4v) is 1.92. The predicted octanol–water partition coefficient (Wildman–Crippen LogP) is 3.65. The maximum absolute atomic E-state index is 12.1. The van der Waals surface area contributed by atoms with E-state index in [1.54, 1.807) is 55.5 Å². The quantitative estimate of drug-likeness (QED) is 0.905. The molecule has 0 aliphatic rings. The van der Waals surface area contributed by atoms with Crippen LogP contribution in [0.4, 0.5) is 11.4 Å². The maximum atomic E-state index is 12.1. The summed E-state index contributed by atoms with van der Waals surface area (Å²) in [5.74, 6) is -0.215. The highest BCUT2D eigenvalue weighted by molar-refractivity contribution is 6.30. The Hall–Kier alpha value is -2.51. The molecule has 4 nitrogen and oxygen atoms in total. The molecule has 0 saturated carbocycles. The maximum Gasteiger partial charge on any atom is 0.246 e. The fourth-order valence-electron chi connectivity index (χ4n) is 1.79. The Labute approximate surface area is 128 Å². The van der Waals surface area contributed by atoms with Crippen molar-refractivity contribution in [2.45, 2.75) is 13.0 Å². The zero-order chi connectivity index (χ0) is 15.2. The number of hydrogen-bond acceptors (Lipinski definition) is 3. The van der Waals surface area contributed by atoms with Crippen molar-refractivity contribution < 1.29 is 4.79 Å². The van der Waals surface area contributed by atoms with Gasteiger partial charge in [0.1, 0.15) is 12.1 Å². The Balaban J connectivity index is 2.03. The van der Waals surface area contributed by atoms with Crippen molar-refractivity contribution in [1.29, 1.82) is 5.26 Å². The van der Waals surface area contributed by atoms with E-state index >= 15 is 0 Å². The molecule has 0 fully saturated rings. The summed E-state index contributed by atoms with van der Waals surface area (Å²) in [6.45, 7) is 1.75. The summed E-state index contributed by atoms with van der Waals surface area (Å²) in [6, 6.07) is 15.6. The number of nitrogens with zero attached hydrogens (tertiary/aromatic N) is 1. The van der Waals surface area contributed by atoms with E-state index in [0.29, 0.717) is 16.3 Å². The lowest BCUT2D eigenvalue weighted by atomic mass is 10.2. The topological polar surface area (TPSA) is 64.9 Å². The van der Waals surface area contributed by atoms with Crippen LogP contribution in [0, 0.1) is 11.3 Å². The number of nitrogens with one attached hydrogen (secondary N) is 2. The summed E-state index contributed by atoms with van der Waals surface area (Å²) in [5.41, 5.74) is 1.75. The first-order valence-corrected chi connectivity index (χ1v) is 6.80. The lowest BCUT2D eigenvalue weighted by Gasteiger charge is -2.15. The summed E-state index contributed by atoms with van der Waals surface area (Å²) in [4.78, 5) is 12.1. The van der Waals surface area contributed by atoms with Crippen molar-refractivity contribution >= 4 is 28.9 Å². The molecule has 2 aromatic rings. The molecule has 2 aromatic carbocycles. The van der Waals surface area contributed by atoms with Gasteiger partial charge in [-0.2, -0.15) is 5.26 Å². The van der Waals surface area contributed by atoms with Gasteiger partial charge >= 0.3 is 0 Å². The Kier molecular flexibility index (Phi) is 4.81. The molecule has 0 aliphatic heterocycles. The zero-order valence-electron chi connectivity index (χ0n) is 11.4. The summed E-state index contributed by atoms with van der Waals surface area (Å²) >= 11 is 5.81. The van der Waals surface area contributed by atoms with Crippen LogP contribution in [-0.2, 0) is 4.79 Å². The van der Waals surface area contributed by atoms with E-state index in [2.05, 4.69) is 10.6 Å². The van der Waals surface area contributed by atoms with E-state index in [9.17, 15) is 4.79 Å². The number of rotatable bonds is 4. The summed E-state index contributed by atoms with van der Waals surface area (Å²) in [7, 11) is 0. The van der Waals surface area contributed by atoms with Gasteiger partial charge in [-0.15, -0.1) is 0 Å². The van der Waals surface area contributed by atoms with Gasteiger partial charge < -0.3 is 10.6 Å². The van der Waals surface area contributed by atoms with E-state index in [0.717, 1.165) is 5.69 Å². The fraction of sp³-hybridized carbons (Fsp3) is 0.125. The molecule has 1 unspecified atom stereocenters. The minimum atomic E-state index is -0.446. The summed E-state index contributed by atoms with van der Waals surface area (Å²) in [6.07, 6.45) is 0. The first-order valence-electron chi connectivity index (χ1n) is 6.42. The monoisotopic (exact) mass is 299 g/mol. The molecule has 1 atom stereocenters. The summed E-state index contributed by atoms with van der Waals surface area (Å²) < 4.78 is 0. The molecule has 21 heavy (non-hydrogen) atoms. The van der Waals surface area contributed by atoms with E-state index in [1.165, 1.54) is 0 Å². The van der Waals surface area contributed by atoms with Gasteiger partial charge in [-0.25, -0.2) is 0 Å². The van der Waals surface area contributed by atoms with Gasteiger partial charge in [0.25, 0.3) is 0 Å². The van der Waals surface area contributed by atoms with Crippen molar-refractivity contribution in [2.75, 3.05) is 10.6 Å². The Morgan fingerprint density at radius 3 is 2.52 bits per heavy atom. The van der Waals surface area contributed by atoms with E-state index in [-0.39, 0.29) is 5.91 Å². The van der Waals surface area contributed by atoms with Crippen LogP contribution in [0.5, 0.6) is 0 Å². The largest absolute Gasteiger partial charge is 0.374 e. The number of benzene rings is 2. The SMILES string of the molecule is CC(Nc1ccc(Cl)cc1)C(=O)Nc1ccccc1C#N. The molecule has 0 bridgehead atoms. The van der Waals surface area contributed by atoms with Crippen molar-refractivity contribution in [3.8, 4) is 6.07 Å². The predicted molar refractivity (Wildman–Crippen MR) is 84.3 cm³/mol. The van der Waals surface area contributed by atoms with E-state index in [1.807, 2.05) is 6.07 Å². The molecule has 0 saturated heterocycles. The normalized spacial score (nSPS) is 11.3. The highest BCUT2D eigenvalue weighted by Gasteiger charge is 2.14. The molecular formula is C16H14ClN3O. The molecule has 0 aliphatic carbocycles. The molecule has 106 valence electrons. The van der Waals surface area contributed by atoms with Gasteiger partial charge in [-0.1, -0.05) is 23.7 Å². The number of para-hydroxylation sites is 1. The Morgan fingerprint density at radius 1 is 1.19 bits per heavy atom. The van der Waals surface area contributed by atoms with Crippen LogP contribution in [0.3, 0.4) is 0 Å². The van der Waals surface area contributed by atoms with Crippen LogP contribution in [0.1, 0.15) is 12.5 Å². The van der Waals surface area contributed by atoms with Crippen molar-refractivity contribution in [3.63, 3.8) is 0 Å². The third-order valence-electron chi connectivity index (χ3n) is 2.93. The Bertz CT molecular complexity index is 677. The molecule has 2 N–H and O–H groups in total. The second-order valence-corrected chi connectivity index (χ2v) is 4.96. The lowest BCUT2D eigenvalue weighted by Crippen LogP contribution is -2.32. The van der Waals surface area contributed by atoms with Crippen LogP contribution in [0.2, 0.25) is 5.02 Å². The highest BCUT2D eigenvalue weighted by Crippen LogP contribution is 2.16. The third kappa shape index (κ3) is 3.98. The number of carbonyl (C=O) groups excluding carboxylic acids is 1. The minimum absolute atomic E-state index is 0.215. The van der Waals surface area contributed by atoms with Gasteiger partial charge in [0.2, 0.25) is 5.91 Å². The van der Waals surface area contributed by atoms with Crippen molar-refractivity contribution in [3.05, 3.63) is 59.1 Å². The second kappa shape index (κ2) is 6.78. The van der Waals surface area contributed by atoms with Crippen LogP contribution >= 0.6 is 11.6 Å². The summed E-state index contributed by atoms with van der Waals surface area (Å²) in [5, 5.41) is 15.5.